The van der Waals surface area contributed by atoms with Gasteiger partial charge in [-0.15, -0.1) is 0 Å². The van der Waals surface area contributed by atoms with Crippen LogP contribution in [-0.4, -0.2) is 52.6 Å². The minimum atomic E-state index is -0.0890. The Kier molecular flexibility index (Phi) is 5.16. The number of H-pyrrole nitrogens is 2. The molecule has 4 rings (SSSR count). The summed E-state index contributed by atoms with van der Waals surface area (Å²) in [6.07, 6.45) is 5.36. The molecule has 0 bridgehead atoms. The van der Waals surface area contributed by atoms with Crippen molar-refractivity contribution >= 4 is 5.91 Å². The summed E-state index contributed by atoms with van der Waals surface area (Å²) in [6, 6.07) is 10.3. The number of carbonyl (C=O) groups is 1. The van der Waals surface area contributed by atoms with Crippen LogP contribution in [-0.2, 0) is 11.2 Å². The maximum atomic E-state index is 13.0. The summed E-state index contributed by atoms with van der Waals surface area (Å²) < 4.78 is 0. The standard InChI is InChI=1S/C21H28N4O2/c1-24(19-10-4-7-15-6-2-3-9-17(15)19)21(27)14-25-11-5-8-16(13-25)18-12-20(26)23-22-18/h2-3,6,9,12,16,19H,4-5,7-8,10-11,13-14H2,1H3,(H2,22,23,26). The van der Waals surface area contributed by atoms with Crippen LogP contribution in [0.1, 0.15) is 54.5 Å². The van der Waals surface area contributed by atoms with Gasteiger partial charge in [0.15, 0.2) is 0 Å². The van der Waals surface area contributed by atoms with E-state index < -0.39 is 0 Å². The normalized spacial score (nSPS) is 23.0. The summed E-state index contributed by atoms with van der Waals surface area (Å²) in [6.45, 7) is 2.20. The first kappa shape index (κ1) is 18.0. The molecule has 0 saturated carbocycles. The molecule has 6 nitrogen and oxygen atoms in total. The maximum absolute atomic E-state index is 13.0. The number of carbonyl (C=O) groups excluding carboxylic acids is 1. The fourth-order valence-electron chi connectivity index (χ4n) is 4.63. The van der Waals surface area contributed by atoms with E-state index >= 15 is 0 Å². The fraction of sp³-hybridized carbons (Fsp3) is 0.524. The second-order valence-electron chi connectivity index (χ2n) is 7.90. The van der Waals surface area contributed by atoms with Crippen LogP contribution in [0.3, 0.4) is 0 Å². The number of aromatic nitrogens is 2. The van der Waals surface area contributed by atoms with Gasteiger partial charge in [0.1, 0.15) is 0 Å². The van der Waals surface area contributed by atoms with Crippen molar-refractivity contribution in [2.75, 3.05) is 26.7 Å². The first-order chi connectivity index (χ1) is 13.1. The van der Waals surface area contributed by atoms with E-state index in [4.69, 9.17) is 0 Å². The second kappa shape index (κ2) is 7.72. The lowest BCUT2D eigenvalue weighted by molar-refractivity contribution is -0.134. The van der Waals surface area contributed by atoms with Gasteiger partial charge >= 0.3 is 0 Å². The average molecular weight is 368 g/mol. The molecule has 1 aliphatic carbocycles. The molecule has 1 saturated heterocycles. The molecular formula is C21H28N4O2. The van der Waals surface area contributed by atoms with E-state index in [-0.39, 0.29) is 23.4 Å². The Morgan fingerprint density at radius 3 is 2.89 bits per heavy atom. The molecule has 2 heterocycles. The molecule has 2 aliphatic rings. The number of nitrogens with one attached hydrogen (secondary N) is 2. The monoisotopic (exact) mass is 368 g/mol. The summed E-state index contributed by atoms with van der Waals surface area (Å²) in [7, 11) is 1.94. The molecule has 0 spiro atoms. The molecule has 1 fully saturated rings. The van der Waals surface area contributed by atoms with E-state index in [0.717, 1.165) is 50.9 Å². The molecule has 6 heteroatoms. The zero-order valence-electron chi connectivity index (χ0n) is 15.9. The highest BCUT2D eigenvalue weighted by Crippen LogP contribution is 2.33. The summed E-state index contributed by atoms with van der Waals surface area (Å²) >= 11 is 0. The van der Waals surface area contributed by atoms with Crippen LogP contribution in [0.5, 0.6) is 0 Å². The Balaban J connectivity index is 1.41. The van der Waals surface area contributed by atoms with Crippen LogP contribution in [0.15, 0.2) is 35.1 Å². The zero-order chi connectivity index (χ0) is 18.8. The van der Waals surface area contributed by atoms with Crippen LogP contribution < -0.4 is 5.56 Å². The number of likely N-dealkylation sites (N-methyl/N-ethyl adjacent to an activating group) is 1. The van der Waals surface area contributed by atoms with Gasteiger partial charge in [0.25, 0.3) is 5.56 Å². The van der Waals surface area contributed by atoms with E-state index in [0.29, 0.717) is 6.54 Å². The van der Waals surface area contributed by atoms with Gasteiger partial charge in [-0.05, 0) is 49.8 Å². The summed E-state index contributed by atoms with van der Waals surface area (Å²) in [5, 5.41) is 5.59. The molecule has 144 valence electrons. The van der Waals surface area contributed by atoms with Crippen molar-refractivity contribution in [2.24, 2.45) is 0 Å². The van der Waals surface area contributed by atoms with Crippen LogP contribution >= 0.6 is 0 Å². The van der Waals surface area contributed by atoms with Crippen molar-refractivity contribution in [3.63, 3.8) is 0 Å². The molecule has 2 atom stereocenters. The van der Waals surface area contributed by atoms with Gasteiger partial charge in [-0.25, -0.2) is 0 Å². The number of likely N-dealkylation sites (tertiary alicyclic amines) is 1. The fourth-order valence-corrected chi connectivity index (χ4v) is 4.63. The zero-order valence-corrected chi connectivity index (χ0v) is 15.9. The first-order valence-corrected chi connectivity index (χ1v) is 9.95. The van der Waals surface area contributed by atoms with Gasteiger partial charge < -0.3 is 10.00 Å². The minimum Gasteiger partial charge on any atom is -0.338 e. The Labute approximate surface area is 159 Å². The van der Waals surface area contributed by atoms with Gasteiger partial charge in [-0.2, -0.15) is 0 Å². The smallest absolute Gasteiger partial charge is 0.264 e. The predicted molar refractivity (Wildman–Crippen MR) is 105 cm³/mol. The number of aromatic amines is 2. The van der Waals surface area contributed by atoms with Crippen molar-refractivity contribution in [3.05, 3.63) is 57.5 Å². The van der Waals surface area contributed by atoms with Gasteiger partial charge in [-0.3, -0.25) is 19.6 Å². The first-order valence-electron chi connectivity index (χ1n) is 9.95. The molecule has 2 unspecified atom stereocenters. The number of benzene rings is 1. The highest BCUT2D eigenvalue weighted by molar-refractivity contribution is 5.78. The number of hydrogen-bond donors (Lipinski definition) is 2. The Morgan fingerprint density at radius 1 is 1.22 bits per heavy atom. The molecule has 0 radical (unpaired) electrons. The SMILES string of the molecule is CN(C(=O)CN1CCCC(c2cc(=O)[nH][nH]2)C1)C1CCCc2ccccc21. The quantitative estimate of drug-likeness (QED) is 0.871. The van der Waals surface area contributed by atoms with Crippen molar-refractivity contribution < 1.29 is 4.79 Å². The third kappa shape index (κ3) is 3.86. The van der Waals surface area contributed by atoms with Gasteiger partial charge in [0.2, 0.25) is 5.91 Å². The third-order valence-corrected chi connectivity index (χ3v) is 6.12. The highest BCUT2D eigenvalue weighted by Gasteiger charge is 2.29. The molecule has 1 aliphatic heterocycles. The summed E-state index contributed by atoms with van der Waals surface area (Å²) in [5.74, 6) is 0.464. The lowest BCUT2D eigenvalue weighted by Gasteiger charge is -2.36. The molecule has 1 aromatic heterocycles. The molecule has 2 aromatic rings. The molecule has 27 heavy (non-hydrogen) atoms. The third-order valence-electron chi connectivity index (χ3n) is 6.12. The summed E-state index contributed by atoms with van der Waals surface area (Å²) in [5.41, 5.74) is 3.55. The minimum absolute atomic E-state index is 0.0890. The van der Waals surface area contributed by atoms with Gasteiger partial charge in [0, 0.05) is 31.3 Å². The van der Waals surface area contributed by atoms with Gasteiger partial charge in [0.05, 0.1) is 12.6 Å². The predicted octanol–water partition coefficient (Wildman–Crippen LogP) is 2.42. The largest absolute Gasteiger partial charge is 0.338 e. The number of aryl methyl sites for hydroxylation is 1. The number of piperidine rings is 1. The number of nitrogens with zero attached hydrogens (tertiary/aromatic N) is 2. The number of fused-ring (bicyclic) bond motifs is 1. The molecule has 2 N–H and O–H groups in total. The maximum Gasteiger partial charge on any atom is 0.264 e. The van der Waals surface area contributed by atoms with Crippen LogP contribution in [0.25, 0.3) is 0 Å². The second-order valence-corrected chi connectivity index (χ2v) is 7.90. The lowest BCUT2D eigenvalue weighted by atomic mass is 9.87. The molecule has 1 amide bonds. The van der Waals surface area contributed by atoms with Crippen molar-refractivity contribution in [3.8, 4) is 0 Å². The van der Waals surface area contributed by atoms with Crippen molar-refractivity contribution in [1.29, 1.82) is 0 Å². The Bertz CT molecular complexity index is 856. The van der Waals surface area contributed by atoms with E-state index in [1.165, 1.54) is 11.1 Å². The Hall–Kier alpha value is -2.34. The highest BCUT2D eigenvalue weighted by atomic mass is 16.2. The van der Waals surface area contributed by atoms with E-state index in [9.17, 15) is 9.59 Å². The number of amides is 1. The van der Waals surface area contributed by atoms with E-state index in [2.05, 4.69) is 39.4 Å². The van der Waals surface area contributed by atoms with Crippen LogP contribution in [0.4, 0.5) is 0 Å². The van der Waals surface area contributed by atoms with Crippen LogP contribution in [0, 0.1) is 0 Å². The average Bonchev–Trinajstić information content (AvgIpc) is 3.13. The van der Waals surface area contributed by atoms with Gasteiger partial charge in [-0.1, -0.05) is 24.3 Å². The van der Waals surface area contributed by atoms with E-state index in [1.807, 2.05) is 11.9 Å². The Morgan fingerprint density at radius 2 is 2.07 bits per heavy atom. The number of rotatable bonds is 4. The number of hydrogen-bond acceptors (Lipinski definition) is 3. The lowest BCUT2D eigenvalue weighted by Crippen LogP contribution is -2.44. The van der Waals surface area contributed by atoms with E-state index in [1.54, 1.807) is 6.07 Å². The summed E-state index contributed by atoms with van der Waals surface area (Å²) in [4.78, 5) is 28.6. The van der Waals surface area contributed by atoms with Crippen molar-refractivity contribution in [2.45, 2.75) is 44.1 Å². The topological polar surface area (TPSA) is 72.2 Å². The molecule has 1 aromatic carbocycles. The van der Waals surface area contributed by atoms with Crippen LogP contribution in [0.2, 0.25) is 0 Å². The van der Waals surface area contributed by atoms with Crippen molar-refractivity contribution in [1.82, 2.24) is 20.0 Å². The molecular weight excluding hydrogens is 340 g/mol.